The highest BCUT2D eigenvalue weighted by Crippen LogP contribution is 2.18. The fourth-order valence-corrected chi connectivity index (χ4v) is 2.08. The van der Waals surface area contributed by atoms with Gasteiger partial charge in [-0.1, -0.05) is 12.1 Å². The Morgan fingerprint density at radius 3 is 2.95 bits per heavy atom. The lowest BCUT2D eigenvalue weighted by atomic mass is 10.1. The van der Waals surface area contributed by atoms with Crippen molar-refractivity contribution >= 4 is 5.78 Å². The first kappa shape index (κ1) is 14.0. The third-order valence-electron chi connectivity index (χ3n) is 3.08. The Morgan fingerprint density at radius 2 is 2.21 bits per heavy atom. The minimum Gasteiger partial charge on any atom is -0.490 e. The van der Waals surface area contributed by atoms with Crippen molar-refractivity contribution in [3.8, 4) is 5.75 Å². The van der Waals surface area contributed by atoms with Crippen LogP contribution >= 0.6 is 0 Å². The number of benzene rings is 1. The van der Waals surface area contributed by atoms with Crippen LogP contribution in [0.3, 0.4) is 0 Å². The van der Waals surface area contributed by atoms with Gasteiger partial charge in [0.05, 0.1) is 24.9 Å². The Bertz CT molecular complexity index is 410. The lowest BCUT2D eigenvalue weighted by molar-refractivity contribution is 0.00848. The van der Waals surface area contributed by atoms with Crippen LogP contribution in [0.15, 0.2) is 24.3 Å². The van der Waals surface area contributed by atoms with E-state index in [-0.39, 0.29) is 11.9 Å². The van der Waals surface area contributed by atoms with Crippen LogP contribution in [0.4, 0.5) is 0 Å². The fourth-order valence-electron chi connectivity index (χ4n) is 2.08. The van der Waals surface area contributed by atoms with Gasteiger partial charge < -0.3 is 14.2 Å². The molecule has 1 aromatic rings. The normalized spacial score (nSPS) is 18.5. The molecule has 0 amide bonds. The van der Waals surface area contributed by atoms with Crippen molar-refractivity contribution in [2.24, 2.45) is 0 Å². The number of hydrogen-bond acceptors (Lipinski definition) is 4. The van der Waals surface area contributed by atoms with Crippen molar-refractivity contribution in [3.63, 3.8) is 0 Å². The molecule has 0 aliphatic carbocycles. The molecule has 1 atom stereocenters. The van der Waals surface area contributed by atoms with Gasteiger partial charge in [-0.2, -0.15) is 0 Å². The van der Waals surface area contributed by atoms with E-state index in [0.717, 1.165) is 19.4 Å². The van der Waals surface area contributed by atoms with Gasteiger partial charge in [0.2, 0.25) is 0 Å². The van der Waals surface area contributed by atoms with Crippen LogP contribution < -0.4 is 4.74 Å². The van der Waals surface area contributed by atoms with Gasteiger partial charge in [0.15, 0.2) is 5.78 Å². The zero-order valence-corrected chi connectivity index (χ0v) is 11.3. The van der Waals surface area contributed by atoms with Crippen LogP contribution in [0.1, 0.15) is 30.1 Å². The molecule has 4 heteroatoms. The standard InChI is InChI=1S/C15H20O4/c1-12(16)14-6-2-3-7-15(14)19-10-9-17-11-13-5-4-8-18-13/h2-3,6-7,13H,4-5,8-11H2,1H3. The van der Waals surface area contributed by atoms with Crippen molar-refractivity contribution in [1.29, 1.82) is 0 Å². The van der Waals surface area contributed by atoms with E-state index in [1.807, 2.05) is 12.1 Å². The molecule has 0 spiro atoms. The second-order valence-electron chi connectivity index (χ2n) is 4.61. The molecule has 1 aliphatic heterocycles. The first-order valence-electron chi connectivity index (χ1n) is 6.69. The molecule has 0 aromatic heterocycles. The van der Waals surface area contributed by atoms with Gasteiger partial charge in [0.25, 0.3) is 0 Å². The summed E-state index contributed by atoms with van der Waals surface area (Å²) in [6.45, 7) is 3.95. The summed E-state index contributed by atoms with van der Waals surface area (Å²) in [4.78, 5) is 11.4. The molecule has 2 rings (SSSR count). The van der Waals surface area contributed by atoms with Gasteiger partial charge in [0, 0.05) is 6.61 Å². The Morgan fingerprint density at radius 1 is 1.37 bits per heavy atom. The summed E-state index contributed by atoms with van der Waals surface area (Å²) >= 11 is 0. The van der Waals surface area contributed by atoms with Crippen molar-refractivity contribution in [2.45, 2.75) is 25.9 Å². The summed E-state index contributed by atoms with van der Waals surface area (Å²) < 4.78 is 16.5. The molecule has 1 heterocycles. The first-order valence-corrected chi connectivity index (χ1v) is 6.69. The predicted molar refractivity (Wildman–Crippen MR) is 71.7 cm³/mol. The smallest absolute Gasteiger partial charge is 0.163 e. The average Bonchev–Trinajstić information content (AvgIpc) is 2.92. The first-order chi connectivity index (χ1) is 9.27. The molecule has 0 saturated carbocycles. The number of carbonyl (C=O) groups is 1. The number of hydrogen-bond donors (Lipinski definition) is 0. The minimum absolute atomic E-state index is 0.0101. The van der Waals surface area contributed by atoms with E-state index in [1.54, 1.807) is 12.1 Å². The van der Waals surface area contributed by atoms with Gasteiger partial charge in [0.1, 0.15) is 12.4 Å². The molecule has 104 valence electrons. The van der Waals surface area contributed by atoms with Crippen LogP contribution in [0.5, 0.6) is 5.75 Å². The van der Waals surface area contributed by atoms with Gasteiger partial charge >= 0.3 is 0 Å². The quantitative estimate of drug-likeness (QED) is 0.560. The molecule has 1 saturated heterocycles. The summed E-state index contributed by atoms with van der Waals surface area (Å²) in [5.74, 6) is 0.631. The van der Waals surface area contributed by atoms with Crippen LogP contribution in [0, 0.1) is 0 Å². The second-order valence-corrected chi connectivity index (χ2v) is 4.61. The highest BCUT2D eigenvalue weighted by molar-refractivity contribution is 5.96. The molecule has 0 radical (unpaired) electrons. The van der Waals surface area contributed by atoms with Crippen molar-refractivity contribution in [2.75, 3.05) is 26.4 Å². The Balaban J connectivity index is 1.69. The lowest BCUT2D eigenvalue weighted by Gasteiger charge is -2.12. The summed E-state index contributed by atoms with van der Waals surface area (Å²) in [5.41, 5.74) is 0.613. The van der Waals surface area contributed by atoms with Gasteiger partial charge in [-0.05, 0) is 31.9 Å². The van der Waals surface area contributed by atoms with E-state index in [0.29, 0.717) is 31.1 Å². The third-order valence-corrected chi connectivity index (χ3v) is 3.08. The van der Waals surface area contributed by atoms with E-state index in [2.05, 4.69) is 0 Å². The summed E-state index contributed by atoms with van der Waals surface area (Å²) in [6, 6.07) is 7.26. The lowest BCUT2D eigenvalue weighted by Crippen LogP contribution is -2.17. The monoisotopic (exact) mass is 264 g/mol. The SMILES string of the molecule is CC(=O)c1ccccc1OCCOCC1CCCO1. The number of ketones is 1. The molecule has 1 fully saturated rings. The molecule has 19 heavy (non-hydrogen) atoms. The molecule has 1 aromatic carbocycles. The molecule has 4 nitrogen and oxygen atoms in total. The van der Waals surface area contributed by atoms with Crippen molar-refractivity contribution in [1.82, 2.24) is 0 Å². The van der Waals surface area contributed by atoms with Crippen molar-refractivity contribution < 1.29 is 19.0 Å². The Kier molecular flexibility index (Phi) is 5.36. The van der Waals surface area contributed by atoms with E-state index in [4.69, 9.17) is 14.2 Å². The fraction of sp³-hybridized carbons (Fsp3) is 0.533. The Hall–Kier alpha value is -1.39. The van der Waals surface area contributed by atoms with Gasteiger partial charge in [-0.25, -0.2) is 0 Å². The molecule has 0 bridgehead atoms. The summed E-state index contributed by atoms with van der Waals surface area (Å²) in [7, 11) is 0. The van der Waals surface area contributed by atoms with E-state index >= 15 is 0 Å². The van der Waals surface area contributed by atoms with Crippen LogP contribution in [-0.4, -0.2) is 38.3 Å². The molecule has 0 N–H and O–H groups in total. The Labute approximate surface area is 113 Å². The predicted octanol–water partition coefficient (Wildman–Crippen LogP) is 2.46. The van der Waals surface area contributed by atoms with Gasteiger partial charge in [-0.3, -0.25) is 4.79 Å². The molecular formula is C15H20O4. The summed E-state index contributed by atoms with van der Waals surface area (Å²) in [5, 5.41) is 0. The maximum absolute atomic E-state index is 11.4. The van der Waals surface area contributed by atoms with Crippen LogP contribution in [0.25, 0.3) is 0 Å². The number of rotatable bonds is 7. The number of ether oxygens (including phenoxy) is 3. The van der Waals surface area contributed by atoms with E-state index in [9.17, 15) is 4.79 Å². The molecule has 1 aliphatic rings. The largest absolute Gasteiger partial charge is 0.490 e. The van der Waals surface area contributed by atoms with E-state index < -0.39 is 0 Å². The van der Waals surface area contributed by atoms with Crippen molar-refractivity contribution in [3.05, 3.63) is 29.8 Å². The molecular weight excluding hydrogens is 244 g/mol. The number of para-hydroxylation sites is 1. The number of carbonyl (C=O) groups excluding carboxylic acids is 1. The maximum atomic E-state index is 11.4. The highest BCUT2D eigenvalue weighted by atomic mass is 16.5. The van der Waals surface area contributed by atoms with E-state index in [1.165, 1.54) is 6.92 Å². The second kappa shape index (κ2) is 7.26. The third kappa shape index (κ3) is 4.33. The maximum Gasteiger partial charge on any atom is 0.163 e. The zero-order valence-electron chi connectivity index (χ0n) is 11.3. The molecule has 1 unspecified atom stereocenters. The number of Topliss-reactive ketones (excluding diaryl/α,β-unsaturated/α-hetero) is 1. The topological polar surface area (TPSA) is 44.8 Å². The zero-order chi connectivity index (χ0) is 13.5. The highest BCUT2D eigenvalue weighted by Gasteiger charge is 2.15. The summed E-state index contributed by atoms with van der Waals surface area (Å²) in [6.07, 6.45) is 2.44. The van der Waals surface area contributed by atoms with Crippen LogP contribution in [0.2, 0.25) is 0 Å². The van der Waals surface area contributed by atoms with Gasteiger partial charge in [-0.15, -0.1) is 0 Å². The van der Waals surface area contributed by atoms with Crippen LogP contribution in [-0.2, 0) is 9.47 Å². The average molecular weight is 264 g/mol. The minimum atomic E-state index is 0.0101.